The van der Waals surface area contributed by atoms with Crippen LogP contribution in [0.1, 0.15) is 24.8 Å². The predicted octanol–water partition coefficient (Wildman–Crippen LogP) is 2.95. The molecule has 0 aromatic carbocycles. The summed E-state index contributed by atoms with van der Waals surface area (Å²) in [5.41, 5.74) is 0.906. The smallest absolute Gasteiger partial charge is 0.206 e. The number of nitrogens with one attached hydrogen (secondary N) is 1. The molecule has 0 saturated carbocycles. The molecule has 17 heavy (non-hydrogen) atoms. The Morgan fingerprint density at radius 2 is 2.35 bits per heavy atom. The minimum Gasteiger partial charge on any atom is -0.360 e. The summed E-state index contributed by atoms with van der Waals surface area (Å²) in [5.74, 6) is 1.61. The first-order valence-electron chi connectivity index (χ1n) is 5.40. The second-order valence-electron chi connectivity index (χ2n) is 3.52. The van der Waals surface area contributed by atoms with Crippen molar-refractivity contribution in [2.75, 3.05) is 11.9 Å². The van der Waals surface area contributed by atoms with Gasteiger partial charge in [0.05, 0.1) is 11.4 Å². The van der Waals surface area contributed by atoms with Crippen molar-refractivity contribution in [3.8, 4) is 0 Å². The molecule has 2 rings (SSSR count). The van der Waals surface area contributed by atoms with Crippen LogP contribution in [0.3, 0.4) is 0 Å². The average molecular weight is 270 g/mol. The SMILES string of the molecule is CCCNc1nnc(SCc2cc(C)no2)s1. The summed E-state index contributed by atoms with van der Waals surface area (Å²) in [5, 5.41) is 16.1. The standard InChI is InChI=1S/C10H14N4OS2/c1-3-4-11-9-12-13-10(17-9)16-6-8-5-7(2)14-15-8/h5H,3-4,6H2,1-2H3,(H,11,12). The van der Waals surface area contributed by atoms with Gasteiger partial charge >= 0.3 is 0 Å². The molecule has 7 heteroatoms. The number of thioether (sulfide) groups is 1. The quantitative estimate of drug-likeness (QED) is 0.814. The largest absolute Gasteiger partial charge is 0.360 e. The first-order valence-corrected chi connectivity index (χ1v) is 7.20. The van der Waals surface area contributed by atoms with E-state index in [2.05, 4.69) is 27.6 Å². The second kappa shape index (κ2) is 6.02. The summed E-state index contributed by atoms with van der Waals surface area (Å²) in [6.45, 7) is 4.96. The van der Waals surface area contributed by atoms with E-state index in [0.29, 0.717) is 0 Å². The lowest BCUT2D eigenvalue weighted by Gasteiger charge is -1.95. The van der Waals surface area contributed by atoms with E-state index in [0.717, 1.165) is 39.6 Å². The molecule has 0 atom stereocenters. The molecule has 0 aliphatic rings. The molecular formula is C10H14N4OS2. The Morgan fingerprint density at radius 3 is 3.06 bits per heavy atom. The third-order valence-corrected chi connectivity index (χ3v) is 3.98. The molecule has 0 unspecified atom stereocenters. The van der Waals surface area contributed by atoms with E-state index in [9.17, 15) is 0 Å². The van der Waals surface area contributed by atoms with E-state index in [1.807, 2.05) is 13.0 Å². The van der Waals surface area contributed by atoms with Crippen LogP contribution in [0.2, 0.25) is 0 Å². The van der Waals surface area contributed by atoms with Crippen molar-refractivity contribution in [1.29, 1.82) is 0 Å². The Bertz CT molecular complexity index is 468. The van der Waals surface area contributed by atoms with Crippen LogP contribution in [0.15, 0.2) is 14.9 Å². The van der Waals surface area contributed by atoms with Crippen molar-refractivity contribution in [2.45, 2.75) is 30.4 Å². The van der Waals surface area contributed by atoms with Crippen LogP contribution < -0.4 is 5.32 Å². The van der Waals surface area contributed by atoms with Gasteiger partial charge in [-0.2, -0.15) is 0 Å². The monoisotopic (exact) mass is 270 g/mol. The van der Waals surface area contributed by atoms with Gasteiger partial charge in [0.2, 0.25) is 5.13 Å². The Morgan fingerprint density at radius 1 is 1.47 bits per heavy atom. The first kappa shape index (κ1) is 12.4. The lowest BCUT2D eigenvalue weighted by molar-refractivity contribution is 0.391. The Balaban J connectivity index is 1.84. The van der Waals surface area contributed by atoms with Crippen LogP contribution >= 0.6 is 23.1 Å². The third kappa shape index (κ3) is 3.71. The summed E-state index contributed by atoms with van der Waals surface area (Å²) in [7, 11) is 0. The fraction of sp³-hybridized carbons (Fsp3) is 0.500. The van der Waals surface area contributed by atoms with Crippen molar-refractivity contribution in [1.82, 2.24) is 15.4 Å². The zero-order valence-electron chi connectivity index (χ0n) is 9.77. The van der Waals surface area contributed by atoms with Gasteiger partial charge in [-0.15, -0.1) is 10.2 Å². The van der Waals surface area contributed by atoms with E-state index in [4.69, 9.17) is 4.52 Å². The van der Waals surface area contributed by atoms with Gasteiger partial charge in [-0.25, -0.2) is 0 Å². The fourth-order valence-electron chi connectivity index (χ4n) is 1.19. The second-order valence-corrected chi connectivity index (χ2v) is 5.72. The van der Waals surface area contributed by atoms with Crippen molar-refractivity contribution in [3.63, 3.8) is 0 Å². The molecule has 0 spiro atoms. The zero-order valence-corrected chi connectivity index (χ0v) is 11.4. The molecule has 2 heterocycles. The summed E-state index contributed by atoms with van der Waals surface area (Å²) in [6.07, 6.45) is 1.08. The van der Waals surface area contributed by atoms with E-state index >= 15 is 0 Å². The van der Waals surface area contributed by atoms with Gasteiger partial charge in [-0.1, -0.05) is 35.2 Å². The van der Waals surface area contributed by atoms with Crippen LogP contribution in [0.5, 0.6) is 0 Å². The van der Waals surface area contributed by atoms with Gasteiger partial charge in [-0.05, 0) is 13.3 Å². The maximum Gasteiger partial charge on any atom is 0.206 e. The maximum atomic E-state index is 5.13. The highest BCUT2D eigenvalue weighted by Gasteiger charge is 2.06. The van der Waals surface area contributed by atoms with Crippen LogP contribution in [-0.4, -0.2) is 21.9 Å². The summed E-state index contributed by atoms with van der Waals surface area (Å²) < 4.78 is 6.07. The van der Waals surface area contributed by atoms with Crippen molar-refractivity contribution in [3.05, 3.63) is 17.5 Å². The Hall–Kier alpha value is -1.08. The van der Waals surface area contributed by atoms with E-state index in [1.165, 1.54) is 0 Å². The average Bonchev–Trinajstić information content (AvgIpc) is 2.93. The van der Waals surface area contributed by atoms with Crippen molar-refractivity contribution >= 4 is 28.2 Å². The molecule has 1 N–H and O–H groups in total. The molecule has 0 aliphatic heterocycles. The number of rotatable bonds is 6. The maximum absolute atomic E-state index is 5.13. The number of nitrogens with zero attached hydrogens (tertiary/aromatic N) is 3. The topological polar surface area (TPSA) is 63.8 Å². The number of hydrogen-bond donors (Lipinski definition) is 1. The summed E-state index contributed by atoms with van der Waals surface area (Å²) in [4.78, 5) is 0. The third-order valence-electron chi connectivity index (χ3n) is 1.95. The lowest BCUT2D eigenvalue weighted by Crippen LogP contribution is -1.98. The van der Waals surface area contributed by atoms with Gasteiger partial charge in [0, 0.05) is 12.6 Å². The molecule has 2 aromatic rings. The molecule has 2 aromatic heterocycles. The van der Waals surface area contributed by atoms with Gasteiger partial charge in [0.15, 0.2) is 4.34 Å². The molecule has 0 fully saturated rings. The van der Waals surface area contributed by atoms with Crippen molar-refractivity contribution < 1.29 is 4.52 Å². The minimum atomic E-state index is 0.739. The molecule has 92 valence electrons. The molecule has 0 radical (unpaired) electrons. The number of anilines is 1. The Kier molecular flexibility index (Phi) is 4.38. The van der Waals surface area contributed by atoms with Gasteiger partial charge in [0.25, 0.3) is 0 Å². The van der Waals surface area contributed by atoms with Crippen LogP contribution in [0.4, 0.5) is 5.13 Å². The molecule has 0 saturated heterocycles. The molecule has 0 bridgehead atoms. The van der Waals surface area contributed by atoms with Crippen molar-refractivity contribution in [2.24, 2.45) is 0 Å². The van der Waals surface area contributed by atoms with E-state index in [1.54, 1.807) is 23.1 Å². The minimum absolute atomic E-state index is 0.739. The highest BCUT2D eigenvalue weighted by atomic mass is 32.2. The summed E-state index contributed by atoms with van der Waals surface area (Å²) >= 11 is 3.18. The van der Waals surface area contributed by atoms with E-state index < -0.39 is 0 Å². The highest BCUT2D eigenvalue weighted by Crippen LogP contribution is 2.28. The normalized spacial score (nSPS) is 10.7. The molecular weight excluding hydrogens is 256 g/mol. The molecule has 5 nitrogen and oxygen atoms in total. The van der Waals surface area contributed by atoms with Gasteiger partial charge in [0.1, 0.15) is 5.76 Å². The Labute approximate surface area is 108 Å². The van der Waals surface area contributed by atoms with Crippen LogP contribution in [-0.2, 0) is 5.75 Å². The fourth-order valence-corrected chi connectivity index (χ4v) is 2.84. The highest BCUT2D eigenvalue weighted by molar-refractivity contribution is 8.00. The number of hydrogen-bond acceptors (Lipinski definition) is 7. The van der Waals surface area contributed by atoms with Gasteiger partial charge < -0.3 is 9.84 Å². The predicted molar refractivity (Wildman–Crippen MR) is 69.5 cm³/mol. The first-order chi connectivity index (χ1) is 8.28. The lowest BCUT2D eigenvalue weighted by atomic mass is 10.4. The summed E-state index contributed by atoms with van der Waals surface area (Å²) in [6, 6.07) is 1.93. The molecule has 0 aliphatic carbocycles. The van der Waals surface area contributed by atoms with Crippen LogP contribution in [0.25, 0.3) is 0 Å². The van der Waals surface area contributed by atoms with Gasteiger partial charge in [-0.3, -0.25) is 0 Å². The van der Waals surface area contributed by atoms with Crippen LogP contribution in [0, 0.1) is 6.92 Å². The molecule has 0 amide bonds. The zero-order chi connectivity index (χ0) is 12.1. The number of aromatic nitrogens is 3. The number of aryl methyl sites for hydroxylation is 1. The van der Waals surface area contributed by atoms with E-state index in [-0.39, 0.29) is 0 Å².